The van der Waals surface area contributed by atoms with Crippen LogP contribution >= 0.6 is 11.3 Å². The van der Waals surface area contributed by atoms with E-state index in [1.165, 1.54) is 35.4 Å². The Morgan fingerprint density at radius 2 is 1.95 bits per heavy atom. The van der Waals surface area contributed by atoms with Crippen LogP contribution in [0.5, 0.6) is 0 Å². The molecule has 0 fully saturated rings. The Morgan fingerprint density at radius 1 is 1.24 bits per heavy atom. The number of benzene rings is 1. The normalized spacial score (nSPS) is 15.5. The van der Waals surface area contributed by atoms with Gasteiger partial charge in [-0.05, 0) is 42.9 Å². The molecule has 1 atom stereocenters. The molecule has 1 heterocycles. The van der Waals surface area contributed by atoms with E-state index in [9.17, 15) is 15.2 Å². The van der Waals surface area contributed by atoms with Crippen LogP contribution < -0.4 is 0 Å². The summed E-state index contributed by atoms with van der Waals surface area (Å²) in [5, 5.41) is 21.0. The number of non-ortho nitro benzene ring substituents is 1. The minimum atomic E-state index is -0.526. The summed E-state index contributed by atoms with van der Waals surface area (Å²) in [7, 11) is 0. The second-order valence-electron chi connectivity index (χ2n) is 5.45. The van der Waals surface area contributed by atoms with Crippen molar-refractivity contribution in [1.29, 1.82) is 0 Å². The minimum absolute atomic E-state index is 0.0832. The number of aryl methyl sites for hydroxylation is 2. The van der Waals surface area contributed by atoms with E-state index in [0.29, 0.717) is 6.42 Å². The lowest BCUT2D eigenvalue weighted by molar-refractivity contribution is -0.384. The molecule has 1 aliphatic carbocycles. The number of nitro benzene ring substituents is 1. The van der Waals surface area contributed by atoms with Crippen LogP contribution in [0.25, 0.3) is 0 Å². The van der Waals surface area contributed by atoms with Crippen molar-refractivity contribution in [2.45, 2.75) is 38.2 Å². The van der Waals surface area contributed by atoms with E-state index in [1.54, 1.807) is 23.5 Å². The van der Waals surface area contributed by atoms with Gasteiger partial charge in [0.1, 0.15) is 0 Å². The molecule has 0 saturated carbocycles. The van der Waals surface area contributed by atoms with Crippen LogP contribution in [0.15, 0.2) is 30.3 Å². The van der Waals surface area contributed by atoms with Gasteiger partial charge in [0.25, 0.3) is 5.69 Å². The molecule has 1 N–H and O–H groups in total. The minimum Gasteiger partial charge on any atom is -0.387 e. The van der Waals surface area contributed by atoms with Gasteiger partial charge >= 0.3 is 0 Å². The maximum atomic E-state index is 10.6. The Hall–Kier alpha value is -1.72. The zero-order valence-electron chi connectivity index (χ0n) is 11.6. The second-order valence-corrected chi connectivity index (χ2v) is 6.62. The van der Waals surface area contributed by atoms with Gasteiger partial charge in [-0.15, -0.1) is 11.3 Å². The number of fused-ring (bicyclic) bond motifs is 1. The van der Waals surface area contributed by atoms with E-state index in [1.807, 2.05) is 0 Å². The monoisotopic (exact) mass is 303 g/mol. The summed E-state index contributed by atoms with van der Waals surface area (Å²) < 4.78 is 0. The summed E-state index contributed by atoms with van der Waals surface area (Å²) in [5.74, 6) is 0. The predicted molar refractivity (Wildman–Crippen MR) is 82.7 cm³/mol. The highest BCUT2D eigenvalue weighted by molar-refractivity contribution is 7.12. The maximum absolute atomic E-state index is 10.6. The number of nitro groups is 1. The standard InChI is InChI=1S/C16H17NO3S/c18-14(9-11-5-7-13(8-6-11)17(19)20)16-10-12-3-1-2-4-15(12)21-16/h5-8,10,14,18H,1-4,9H2. The highest BCUT2D eigenvalue weighted by Gasteiger charge is 2.18. The maximum Gasteiger partial charge on any atom is 0.269 e. The summed E-state index contributed by atoms with van der Waals surface area (Å²) >= 11 is 1.71. The number of aliphatic hydroxyl groups excluding tert-OH is 1. The molecule has 1 unspecified atom stereocenters. The van der Waals surface area contributed by atoms with Crippen LogP contribution in [0.2, 0.25) is 0 Å². The molecular weight excluding hydrogens is 286 g/mol. The van der Waals surface area contributed by atoms with Crippen LogP contribution in [0.1, 0.15) is 39.8 Å². The Balaban J connectivity index is 1.72. The van der Waals surface area contributed by atoms with Gasteiger partial charge in [-0.25, -0.2) is 0 Å². The van der Waals surface area contributed by atoms with E-state index >= 15 is 0 Å². The van der Waals surface area contributed by atoms with Gasteiger partial charge in [0.05, 0.1) is 11.0 Å². The lowest BCUT2D eigenvalue weighted by atomic mass is 9.98. The summed E-state index contributed by atoms with van der Waals surface area (Å²) in [6.45, 7) is 0. The van der Waals surface area contributed by atoms with Crippen molar-refractivity contribution in [3.63, 3.8) is 0 Å². The van der Waals surface area contributed by atoms with Gasteiger partial charge in [0.15, 0.2) is 0 Å². The molecule has 0 amide bonds. The van der Waals surface area contributed by atoms with Crippen molar-refractivity contribution in [2.75, 3.05) is 0 Å². The fourth-order valence-corrected chi connectivity index (χ4v) is 4.00. The third kappa shape index (κ3) is 3.14. The van der Waals surface area contributed by atoms with Crippen molar-refractivity contribution in [3.05, 3.63) is 61.3 Å². The molecule has 0 aliphatic heterocycles. The van der Waals surface area contributed by atoms with Gasteiger partial charge in [0.2, 0.25) is 0 Å². The average Bonchev–Trinajstić information content (AvgIpc) is 2.92. The molecule has 3 rings (SSSR count). The second kappa shape index (κ2) is 5.95. The van der Waals surface area contributed by atoms with Crippen LogP contribution in [-0.2, 0) is 19.3 Å². The first-order valence-electron chi connectivity index (χ1n) is 7.16. The third-order valence-corrected chi connectivity index (χ3v) is 5.26. The molecule has 2 aromatic rings. The largest absolute Gasteiger partial charge is 0.387 e. The molecule has 1 aliphatic rings. The first-order valence-corrected chi connectivity index (χ1v) is 7.98. The smallest absolute Gasteiger partial charge is 0.269 e. The fourth-order valence-electron chi connectivity index (χ4n) is 2.76. The Labute approximate surface area is 127 Å². The van der Waals surface area contributed by atoms with E-state index in [0.717, 1.165) is 23.3 Å². The fraction of sp³-hybridized carbons (Fsp3) is 0.375. The van der Waals surface area contributed by atoms with Crippen molar-refractivity contribution >= 4 is 17.0 Å². The van der Waals surface area contributed by atoms with Crippen LogP contribution in [-0.4, -0.2) is 10.0 Å². The van der Waals surface area contributed by atoms with Gasteiger partial charge < -0.3 is 5.11 Å². The van der Waals surface area contributed by atoms with Crippen LogP contribution in [0, 0.1) is 10.1 Å². The molecule has 1 aromatic carbocycles. The SMILES string of the molecule is O=[N+]([O-])c1ccc(CC(O)c2cc3c(s2)CCCC3)cc1. The molecule has 0 radical (unpaired) electrons. The summed E-state index contributed by atoms with van der Waals surface area (Å²) in [6, 6.07) is 8.54. The molecule has 1 aromatic heterocycles. The summed E-state index contributed by atoms with van der Waals surface area (Å²) in [4.78, 5) is 12.6. The van der Waals surface area contributed by atoms with Crippen molar-refractivity contribution in [1.82, 2.24) is 0 Å². The van der Waals surface area contributed by atoms with E-state index < -0.39 is 11.0 Å². The van der Waals surface area contributed by atoms with Crippen LogP contribution in [0.3, 0.4) is 0 Å². The number of aliphatic hydroxyl groups is 1. The van der Waals surface area contributed by atoms with E-state index in [-0.39, 0.29) is 5.69 Å². The van der Waals surface area contributed by atoms with Gasteiger partial charge in [0, 0.05) is 28.3 Å². The quantitative estimate of drug-likeness (QED) is 0.690. The molecule has 0 bridgehead atoms. The Bertz CT molecular complexity index is 625. The van der Waals surface area contributed by atoms with Gasteiger partial charge in [-0.3, -0.25) is 10.1 Å². The lowest BCUT2D eigenvalue weighted by Gasteiger charge is -2.08. The molecule has 5 heteroatoms. The topological polar surface area (TPSA) is 63.4 Å². The first-order chi connectivity index (χ1) is 10.1. The number of rotatable bonds is 4. The summed E-state index contributed by atoms with van der Waals surface area (Å²) in [6.07, 6.45) is 4.70. The van der Waals surface area contributed by atoms with Gasteiger partial charge in [-0.2, -0.15) is 0 Å². The van der Waals surface area contributed by atoms with Crippen LogP contribution in [0.4, 0.5) is 5.69 Å². The molecule has 110 valence electrons. The molecule has 21 heavy (non-hydrogen) atoms. The van der Waals surface area contributed by atoms with E-state index in [2.05, 4.69) is 6.07 Å². The number of thiophene rings is 1. The van der Waals surface area contributed by atoms with Crippen molar-refractivity contribution < 1.29 is 10.0 Å². The van der Waals surface area contributed by atoms with Crippen molar-refractivity contribution in [3.8, 4) is 0 Å². The van der Waals surface area contributed by atoms with Gasteiger partial charge in [-0.1, -0.05) is 12.1 Å². The average molecular weight is 303 g/mol. The first kappa shape index (κ1) is 14.2. The molecule has 0 saturated heterocycles. The zero-order valence-corrected chi connectivity index (χ0v) is 12.4. The number of hydrogen-bond acceptors (Lipinski definition) is 4. The molecular formula is C16H17NO3S. The highest BCUT2D eigenvalue weighted by Crippen LogP contribution is 2.34. The Morgan fingerprint density at radius 3 is 2.62 bits per heavy atom. The zero-order chi connectivity index (χ0) is 14.8. The van der Waals surface area contributed by atoms with E-state index in [4.69, 9.17) is 0 Å². The number of nitrogens with zero attached hydrogens (tertiary/aromatic N) is 1. The predicted octanol–water partition coefficient (Wildman–Crippen LogP) is 3.81. The Kier molecular flexibility index (Phi) is 4.03. The highest BCUT2D eigenvalue weighted by atomic mass is 32.1. The number of hydrogen-bond donors (Lipinski definition) is 1. The molecule has 4 nitrogen and oxygen atoms in total. The lowest BCUT2D eigenvalue weighted by Crippen LogP contribution is -2.00. The summed E-state index contributed by atoms with van der Waals surface area (Å²) in [5.41, 5.74) is 2.39. The molecule has 0 spiro atoms. The van der Waals surface area contributed by atoms with Crippen molar-refractivity contribution in [2.24, 2.45) is 0 Å². The third-order valence-electron chi connectivity index (χ3n) is 3.92.